The summed E-state index contributed by atoms with van der Waals surface area (Å²) in [5.41, 5.74) is 2.83. The Bertz CT molecular complexity index is 994. The minimum atomic E-state index is -0.511. The summed E-state index contributed by atoms with van der Waals surface area (Å²) in [6, 6.07) is 19.1. The van der Waals surface area contributed by atoms with Crippen molar-refractivity contribution in [2.75, 3.05) is 6.61 Å². The molecule has 0 saturated heterocycles. The number of aromatic hydroxyl groups is 1. The number of hydrogen-bond donors (Lipinski definition) is 1. The molecule has 5 nitrogen and oxygen atoms in total. The maximum Gasteiger partial charge on any atom is 0.343 e. The number of carbonyl (C=O) groups excluding carboxylic acids is 1. The molecule has 0 radical (unpaired) electrons. The summed E-state index contributed by atoms with van der Waals surface area (Å²) in [5, 5.41) is 10.2. The number of esters is 1. The molecule has 0 heterocycles. The molecule has 28 heavy (non-hydrogen) atoms. The topological polar surface area (TPSA) is 68.1 Å². The second-order valence-electron chi connectivity index (χ2n) is 6.16. The van der Waals surface area contributed by atoms with Gasteiger partial charge in [0.05, 0.1) is 17.9 Å². The minimum Gasteiger partial charge on any atom is -0.507 e. The van der Waals surface area contributed by atoms with Crippen molar-refractivity contribution in [1.29, 1.82) is 0 Å². The molecular weight excluding hydrogens is 354 g/mol. The van der Waals surface area contributed by atoms with E-state index >= 15 is 0 Å². The third-order valence-corrected chi connectivity index (χ3v) is 3.97. The first-order chi connectivity index (χ1) is 13.5. The van der Waals surface area contributed by atoms with E-state index in [0.717, 1.165) is 11.3 Å². The number of carbonyl (C=O) groups is 1. The molecular formula is C23H21NO4. The van der Waals surface area contributed by atoms with Crippen LogP contribution in [0.4, 0.5) is 5.69 Å². The molecule has 0 aliphatic carbocycles. The third-order valence-electron chi connectivity index (χ3n) is 3.97. The van der Waals surface area contributed by atoms with Gasteiger partial charge >= 0.3 is 5.97 Å². The van der Waals surface area contributed by atoms with Crippen LogP contribution in [-0.4, -0.2) is 23.9 Å². The first-order valence-electron chi connectivity index (χ1n) is 8.94. The maximum absolute atomic E-state index is 12.3. The summed E-state index contributed by atoms with van der Waals surface area (Å²) in [7, 11) is 0. The standard InChI is InChI=1S/C23H21NO4/c1-3-27-20-10-7-17(8-11-20)23(26)28-21-12-9-18(22(25)14-21)15-24-19-6-4-5-16(2)13-19/h4-15,25H,3H2,1-2H3. The van der Waals surface area contributed by atoms with Crippen molar-refractivity contribution in [2.24, 2.45) is 4.99 Å². The molecule has 0 aromatic heterocycles. The second kappa shape index (κ2) is 8.86. The van der Waals surface area contributed by atoms with Crippen LogP contribution in [0.2, 0.25) is 0 Å². The fraction of sp³-hybridized carbons (Fsp3) is 0.130. The van der Waals surface area contributed by atoms with E-state index in [2.05, 4.69) is 4.99 Å². The van der Waals surface area contributed by atoms with Crippen molar-refractivity contribution in [2.45, 2.75) is 13.8 Å². The number of nitrogens with zero attached hydrogens (tertiary/aromatic N) is 1. The molecule has 3 aromatic carbocycles. The lowest BCUT2D eigenvalue weighted by Crippen LogP contribution is -2.08. The van der Waals surface area contributed by atoms with Gasteiger partial charge in [0.25, 0.3) is 0 Å². The average Bonchev–Trinajstić information content (AvgIpc) is 2.68. The summed E-state index contributed by atoms with van der Waals surface area (Å²) >= 11 is 0. The Morgan fingerprint density at radius 2 is 1.79 bits per heavy atom. The van der Waals surface area contributed by atoms with Crippen molar-refractivity contribution >= 4 is 17.9 Å². The quantitative estimate of drug-likeness (QED) is 0.371. The van der Waals surface area contributed by atoms with E-state index in [-0.39, 0.29) is 11.5 Å². The summed E-state index contributed by atoms with van der Waals surface area (Å²) < 4.78 is 10.7. The minimum absolute atomic E-state index is 0.0200. The van der Waals surface area contributed by atoms with Crippen LogP contribution in [0.3, 0.4) is 0 Å². The normalized spacial score (nSPS) is 10.8. The number of benzene rings is 3. The molecule has 0 fully saturated rings. The van der Waals surface area contributed by atoms with Gasteiger partial charge in [-0.25, -0.2) is 4.79 Å². The van der Waals surface area contributed by atoms with Crippen LogP contribution in [0.25, 0.3) is 0 Å². The Kier molecular flexibility index (Phi) is 6.07. The van der Waals surface area contributed by atoms with Gasteiger partial charge in [0.2, 0.25) is 0 Å². The van der Waals surface area contributed by atoms with Crippen LogP contribution >= 0.6 is 0 Å². The Morgan fingerprint density at radius 3 is 2.46 bits per heavy atom. The van der Waals surface area contributed by atoms with E-state index in [1.165, 1.54) is 6.07 Å². The van der Waals surface area contributed by atoms with E-state index in [9.17, 15) is 9.90 Å². The molecule has 3 rings (SSSR count). The van der Waals surface area contributed by atoms with Gasteiger partial charge in [0.1, 0.15) is 17.2 Å². The van der Waals surface area contributed by atoms with E-state index in [4.69, 9.17) is 9.47 Å². The molecule has 0 unspecified atom stereocenters. The monoisotopic (exact) mass is 375 g/mol. The predicted molar refractivity (Wildman–Crippen MR) is 109 cm³/mol. The van der Waals surface area contributed by atoms with Gasteiger partial charge in [-0.1, -0.05) is 12.1 Å². The van der Waals surface area contributed by atoms with Crippen LogP contribution in [0, 0.1) is 6.92 Å². The molecule has 0 aliphatic heterocycles. The number of aliphatic imine (C=N–C) groups is 1. The lowest BCUT2D eigenvalue weighted by atomic mass is 10.2. The van der Waals surface area contributed by atoms with Crippen LogP contribution in [-0.2, 0) is 0 Å². The van der Waals surface area contributed by atoms with Gasteiger partial charge in [-0.3, -0.25) is 4.99 Å². The van der Waals surface area contributed by atoms with Crippen molar-refractivity contribution in [3.8, 4) is 17.2 Å². The molecule has 0 spiro atoms. The lowest BCUT2D eigenvalue weighted by Gasteiger charge is -2.07. The zero-order valence-electron chi connectivity index (χ0n) is 15.8. The summed E-state index contributed by atoms with van der Waals surface area (Å²) in [5.74, 6) is 0.412. The van der Waals surface area contributed by atoms with E-state index in [1.54, 1.807) is 42.6 Å². The Morgan fingerprint density at radius 1 is 1.04 bits per heavy atom. The van der Waals surface area contributed by atoms with Crippen molar-refractivity contribution in [1.82, 2.24) is 0 Å². The number of rotatable bonds is 6. The number of aryl methyl sites for hydroxylation is 1. The zero-order chi connectivity index (χ0) is 19.9. The number of phenols is 1. The Labute approximate surface area is 163 Å². The smallest absolute Gasteiger partial charge is 0.343 e. The van der Waals surface area contributed by atoms with E-state index in [0.29, 0.717) is 23.5 Å². The first kappa shape index (κ1) is 19.2. The zero-order valence-corrected chi connectivity index (χ0v) is 15.8. The van der Waals surface area contributed by atoms with Gasteiger partial charge in [0, 0.05) is 17.8 Å². The number of ether oxygens (including phenoxy) is 2. The molecule has 142 valence electrons. The highest BCUT2D eigenvalue weighted by Crippen LogP contribution is 2.24. The van der Waals surface area contributed by atoms with Crippen molar-refractivity contribution in [3.63, 3.8) is 0 Å². The molecule has 3 aromatic rings. The predicted octanol–water partition coefficient (Wildman–Crippen LogP) is 5.07. The SMILES string of the molecule is CCOc1ccc(C(=O)Oc2ccc(C=Nc3cccc(C)c3)c(O)c2)cc1. The molecule has 0 saturated carbocycles. The van der Waals surface area contributed by atoms with Crippen LogP contribution in [0.1, 0.15) is 28.4 Å². The molecule has 0 aliphatic rings. The summed E-state index contributed by atoms with van der Waals surface area (Å²) in [6.45, 7) is 4.44. The number of hydrogen-bond acceptors (Lipinski definition) is 5. The highest BCUT2D eigenvalue weighted by atomic mass is 16.5. The van der Waals surface area contributed by atoms with Gasteiger partial charge in [-0.05, 0) is 67.9 Å². The highest BCUT2D eigenvalue weighted by molar-refractivity contribution is 5.91. The first-order valence-corrected chi connectivity index (χ1v) is 8.94. The largest absolute Gasteiger partial charge is 0.507 e. The summed E-state index contributed by atoms with van der Waals surface area (Å²) in [6.07, 6.45) is 1.57. The van der Waals surface area contributed by atoms with Gasteiger partial charge in [0.15, 0.2) is 0 Å². The Hall–Kier alpha value is -3.60. The highest BCUT2D eigenvalue weighted by Gasteiger charge is 2.10. The fourth-order valence-electron chi connectivity index (χ4n) is 2.57. The molecule has 0 atom stereocenters. The molecule has 5 heteroatoms. The van der Waals surface area contributed by atoms with Crippen LogP contribution in [0.15, 0.2) is 71.7 Å². The molecule has 0 bridgehead atoms. The van der Waals surface area contributed by atoms with Gasteiger partial charge in [-0.15, -0.1) is 0 Å². The number of phenolic OH excluding ortho intramolecular Hbond substituents is 1. The van der Waals surface area contributed by atoms with E-state index < -0.39 is 5.97 Å². The van der Waals surface area contributed by atoms with E-state index in [1.807, 2.05) is 38.1 Å². The maximum atomic E-state index is 12.3. The lowest BCUT2D eigenvalue weighted by molar-refractivity contribution is 0.0734. The second-order valence-corrected chi connectivity index (χ2v) is 6.16. The molecule has 1 N–H and O–H groups in total. The van der Waals surface area contributed by atoms with Crippen LogP contribution in [0.5, 0.6) is 17.2 Å². The average molecular weight is 375 g/mol. The van der Waals surface area contributed by atoms with Crippen molar-refractivity contribution < 1.29 is 19.4 Å². The van der Waals surface area contributed by atoms with Gasteiger partial charge in [-0.2, -0.15) is 0 Å². The summed E-state index contributed by atoms with van der Waals surface area (Å²) in [4.78, 5) is 16.6. The third kappa shape index (κ3) is 4.98. The van der Waals surface area contributed by atoms with Crippen LogP contribution < -0.4 is 9.47 Å². The van der Waals surface area contributed by atoms with Crippen molar-refractivity contribution in [3.05, 3.63) is 83.4 Å². The van der Waals surface area contributed by atoms with Gasteiger partial charge < -0.3 is 14.6 Å². The Balaban J connectivity index is 1.68. The fourth-order valence-corrected chi connectivity index (χ4v) is 2.57. The molecule has 0 amide bonds.